The van der Waals surface area contributed by atoms with Crippen LogP contribution in [0.5, 0.6) is 5.75 Å². The molecule has 2 rings (SSSR count). The number of benzene rings is 1. The summed E-state index contributed by atoms with van der Waals surface area (Å²) < 4.78 is 7.62. The van der Waals surface area contributed by atoms with E-state index in [1.165, 1.54) is 3.57 Å². The molecule has 0 radical (unpaired) electrons. The van der Waals surface area contributed by atoms with E-state index in [1.807, 2.05) is 36.4 Å². The molecule has 0 aliphatic carbocycles. The largest absolute Gasteiger partial charge is 0.488 e. The summed E-state index contributed by atoms with van der Waals surface area (Å²) in [5.74, 6) is 0.889. The lowest BCUT2D eigenvalue weighted by atomic mass is 10.3. The molecule has 4 heteroatoms. The highest BCUT2D eigenvalue weighted by Crippen LogP contribution is 2.23. The van der Waals surface area contributed by atoms with E-state index in [1.54, 1.807) is 11.3 Å². The summed E-state index contributed by atoms with van der Waals surface area (Å²) in [6.07, 6.45) is 0. The molecule has 0 amide bonds. The van der Waals surface area contributed by atoms with Crippen LogP contribution in [0.3, 0.4) is 0 Å². The molecule has 0 saturated heterocycles. The van der Waals surface area contributed by atoms with Crippen molar-refractivity contribution in [2.24, 2.45) is 0 Å². The van der Waals surface area contributed by atoms with Crippen molar-refractivity contribution in [2.75, 3.05) is 0 Å². The Hall–Kier alpha value is -0.260. The van der Waals surface area contributed by atoms with Gasteiger partial charge in [0.05, 0.1) is 4.34 Å². The monoisotopic (exact) mass is 350 g/mol. The van der Waals surface area contributed by atoms with Gasteiger partial charge in [-0.05, 0) is 59.0 Å². The zero-order valence-corrected chi connectivity index (χ0v) is 11.5. The molecule has 2 aromatic rings. The van der Waals surface area contributed by atoms with Crippen molar-refractivity contribution in [1.82, 2.24) is 0 Å². The van der Waals surface area contributed by atoms with Gasteiger partial charge in [0.15, 0.2) is 0 Å². The molecule has 0 N–H and O–H groups in total. The molecule has 0 fully saturated rings. The summed E-state index contributed by atoms with van der Waals surface area (Å²) in [6.45, 7) is 0.581. The van der Waals surface area contributed by atoms with Gasteiger partial charge >= 0.3 is 0 Å². The molecule has 0 bridgehead atoms. The van der Waals surface area contributed by atoms with Crippen molar-refractivity contribution in [3.63, 3.8) is 0 Å². The second kappa shape index (κ2) is 5.18. The van der Waals surface area contributed by atoms with Gasteiger partial charge in [0.2, 0.25) is 0 Å². The molecule has 0 spiro atoms. The predicted molar refractivity (Wildman–Crippen MR) is 72.8 cm³/mol. The van der Waals surface area contributed by atoms with Gasteiger partial charge in [0.25, 0.3) is 0 Å². The molecule has 1 aromatic heterocycles. The minimum atomic E-state index is 0.581. The Labute approximate surface area is 111 Å². The Balaban J connectivity index is 1.96. The Morgan fingerprint density at radius 3 is 2.47 bits per heavy atom. The quantitative estimate of drug-likeness (QED) is 0.736. The van der Waals surface area contributed by atoms with Crippen molar-refractivity contribution in [1.29, 1.82) is 0 Å². The highest BCUT2D eigenvalue weighted by atomic mass is 127. The van der Waals surface area contributed by atoms with Gasteiger partial charge in [0.1, 0.15) is 12.4 Å². The number of thiophene rings is 1. The lowest BCUT2D eigenvalue weighted by Gasteiger charge is -2.03. The number of halogens is 2. The van der Waals surface area contributed by atoms with Gasteiger partial charge in [-0.2, -0.15) is 0 Å². The van der Waals surface area contributed by atoms with E-state index in [-0.39, 0.29) is 0 Å². The van der Waals surface area contributed by atoms with Crippen molar-refractivity contribution < 1.29 is 4.74 Å². The number of rotatable bonds is 3. The molecule has 0 saturated carbocycles. The average molecular weight is 351 g/mol. The van der Waals surface area contributed by atoms with Crippen LogP contribution in [0.4, 0.5) is 0 Å². The highest BCUT2D eigenvalue weighted by Gasteiger charge is 1.99. The second-order valence-corrected chi connectivity index (χ2v) is 5.99. The highest BCUT2D eigenvalue weighted by molar-refractivity contribution is 14.1. The van der Waals surface area contributed by atoms with Crippen molar-refractivity contribution >= 4 is 45.5 Å². The first kappa shape index (κ1) is 11.2. The van der Waals surface area contributed by atoms with E-state index < -0.39 is 0 Å². The average Bonchev–Trinajstić information content (AvgIpc) is 2.64. The van der Waals surface area contributed by atoms with Crippen LogP contribution < -0.4 is 4.74 Å². The van der Waals surface area contributed by atoms with Crippen LogP contribution in [0.1, 0.15) is 4.88 Å². The van der Waals surface area contributed by atoms with Crippen LogP contribution in [-0.2, 0) is 6.61 Å². The molecule has 0 aliphatic heterocycles. The summed E-state index contributed by atoms with van der Waals surface area (Å²) in [5, 5.41) is 0. The van der Waals surface area contributed by atoms with Gasteiger partial charge in [-0.15, -0.1) is 11.3 Å². The first-order valence-corrected chi connectivity index (χ1v) is 6.64. The zero-order chi connectivity index (χ0) is 10.7. The normalized spacial score (nSPS) is 10.3. The molecule has 78 valence electrons. The second-order valence-electron chi connectivity index (χ2n) is 2.95. The van der Waals surface area contributed by atoms with Crippen LogP contribution in [-0.4, -0.2) is 0 Å². The molecule has 1 nitrogen and oxygen atoms in total. The van der Waals surface area contributed by atoms with Gasteiger partial charge in [0, 0.05) is 8.45 Å². The van der Waals surface area contributed by atoms with E-state index in [9.17, 15) is 0 Å². The standard InChI is InChI=1S/C11H8ClIOS/c12-11-6-5-10(15-11)7-14-9-3-1-8(13)2-4-9/h1-6H,7H2. The molecule has 0 unspecified atom stereocenters. The van der Waals surface area contributed by atoms with Crippen LogP contribution in [0.25, 0.3) is 0 Å². The van der Waals surface area contributed by atoms with E-state index in [4.69, 9.17) is 16.3 Å². The van der Waals surface area contributed by atoms with E-state index >= 15 is 0 Å². The maximum atomic E-state index is 5.82. The first-order valence-electron chi connectivity index (χ1n) is 4.36. The Bertz CT molecular complexity index is 438. The summed E-state index contributed by atoms with van der Waals surface area (Å²) in [6, 6.07) is 11.9. The SMILES string of the molecule is Clc1ccc(COc2ccc(I)cc2)s1. The van der Waals surface area contributed by atoms with Crippen molar-refractivity contribution in [3.05, 3.63) is 49.2 Å². The topological polar surface area (TPSA) is 9.23 Å². The molecule has 1 aromatic carbocycles. The third-order valence-corrected chi connectivity index (χ3v) is 3.75. The molecule has 15 heavy (non-hydrogen) atoms. The van der Waals surface area contributed by atoms with Gasteiger partial charge < -0.3 is 4.74 Å². The van der Waals surface area contributed by atoms with Gasteiger partial charge in [-0.1, -0.05) is 11.6 Å². The van der Waals surface area contributed by atoms with E-state index in [2.05, 4.69) is 22.6 Å². The molecule has 0 aliphatic rings. The molecular formula is C11H8ClIOS. The third kappa shape index (κ3) is 3.36. The lowest BCUT2D eigenvalue weighted by Crippen LogP contribution is -1.92. The summed E-state index contributed by atoms with van der Waals surface area (Å²) in [4.78, 5) is 1.14. The Morgan fingerprint density at radius 1 is 1.13 bits per heavy atom. The maximum Gasteiger partial charge on any atom is 0.122 e. The lowest BCUT2D eigenvalue weighted by molar-refractivity contribution is 0.310. The van der Waals surface area contributed by atoms with Crippen LogP contribution in [0.15, 0.2) is 36.4 Å². The van der Waals surface area contributed by atoms with Crippen molar-refractivity contribution in [2.45, 2.75) is 6.61 Å². The fourth-order valence-corrected chi connectivity index (χ4v) is 2.47. The Morgan fingerprint density at radius 2 is 1.87 bits per heavy atom. The molecule has 0 atom stereocenters. The van der Waals surface area contributed by atoms with Crippen LogP contribution >= 0.6 is 45.5 Å². The van der Waals surface area contributed by atoms with Crippen LogP contribution in [0, 0.1) is 3.57 Å². The maximum absolute atomic E-state index is 5.82. The minimum absolute atomic E-state index is 0.581. The zero-order valence-electron chi connectivity index (χ0n) is 7.74. The minimum Gasteiger partial charge on any atom is -0.488 e. The summed E-state index contributed by atoms with van der Waals surface area (Å²) in [5.41, 5.74) is 0. The van der Waals surface area contributed by atoms with Gasteiger partial charge in [-0.25, -0.2) is 0 Å². The number of hydrogen-bond acceptors (Lipinski definition) is 2. The number of ether oxygens (including phenoxy) is 1. The number of hydrogen-bond donors (Lipinski definition) is 0. The van der Waals surface area contributed by atoms with Crippen molar-refractivity contribution in [3.8, 4) is 5.75 Å². The Kier molecular flexibility index (Phi) is 3.88. The molecule has 1 heterocycles. The fraction of sp³-hybridized carbons (Fsp3) is 0.0909. The third-order valence-electron chi connectivity index (χ3n) is 1.82. The summed E-state index contributed by atoms with van der Waals surface area (Å²) >= 11 is 9.64. The molecular weight excluding hydrogens is 343 g/mol. The van der Waals surface area contributed by atoms with E-state index in [0.717, 1.165) is 15.0 Å². The summed E-state index contributed by atoms with van der Waals surface area (Å²) in [7, 11) is 0. The fourth-order valence-electron chi connectivity index (χ4n) is 1.11. The predicted octanol–water partition coefficient (Wildman–Crippen LogP) is 4.59. The van der Waals surface area contributed by atoms with Gasteiger partial charge in [-0.3, -0.25) is 0 Å². The van der Waals surface area contributed by atoms with Crippen LogP contribution in [0.2, 0.25) is 4.34 Å². The first-order chi connectivity index (χ1) is 7.24. The van der Waals surface area contributed by atoms with E-state index in [0.29, 0.717) is 6.61 Å². The smallest absolute Gasteiger partial charge is 0.122 e.